The third-order valence-corrected chi connectivity index (χ3v) is 15.2. The van der Waals surface area contributed by atoms with Gasteiger partial charge in [-0.15, -0.1) is 53.6 Å². The number of para-hydroxylation sites is 3. The van der Waals surface area contributed by atoms with E-state index in [4.69, 9.17) is 14.4 Å². The van der Waals surface area contributed by atoms with Crippen molar-refractivity contribution in [1.29, 1.82) is 0 Å². The molecule has 0 atom stereocenters. The summed E-state index contributed by atoms with van der Waals surface area (Å²) >= 11 is 0. The summed E-state index contributed by atoms with van der Waals surface area (Å²) in [5.41, 5.74) is 15.2. The van der Waals surface area contributed by atoms with Crippen LogP contribution in [0.3, 0.4) is 0 Å². The maximum Gasteiger partial charge on any atom is 0.120 e. The van der Waals surface area contributed by atoms with E-state index in [0.717, 1.165) is 83.9 Å². The third-order valence-electron chi connectivity index (χ3n) is 13.1. The zero-order valence-electron chi connectivity index (χ0n) is 38.4. The second kappa shape index (κ2) is 19.3. The van der Waals surface area contributed by atoms with Crippen LogP contribution in [0, 0.1) is 18.1 Å². The van der Waals surface area contributed by atoms with Crippen LogP contribution in [-0.2, 0) is 26.5 Å². The van der Waals surface area contributed by atoms with Crippen molar-refractivity contribution >= 4 is 46.2 Å². The Kier molecular flexibility index (Phi) is 13.2. The van der Waals surface area contributed by atoms with Gasteiger partial charge < -0.3 is 14.0 Å². The van der Waals surface area contributed by atoms with Crippen LogP contribution in [0.4, 0.5) is 0 Å². The number of furan rings is 1. The van der Waals surface area contributed by atoms with Gasteiger partial charge in [-0.1, -0.05) is 191 Å². The number of nitrogens with zero attached hydrogens (tertiary/aromatic N) is 3. The second-order valence-corrected chi connectivity index (χ2v) is 24.0. The van der Waals surface area contributed by atoms with E-state index in [1.165, 1.54) is 43.2 Å². The zero-order valence-corrected chi connectivity index (χ0v) is 41.8. The van der Waals surface area contributed by atoms with Gasteiger partial charge in [-0.25, -0.2) is 0 Å². The van der Waals surface area contributed by atoms with Crippen LogP contribution in [0.2, 0.25) is 19.6 Å². The Balaban J connectivity index is 0.000000183. The smallest absolute Gasteiger partial charge is 0.120 e. The molecule has 0 unspecified atom stereocenters. The number of aromatic nitrogens is 3. The number of rotatable bonds is 9. The van der Waals surface area contributed by atoms with Gasteiger partial charge in [0, 0.05) is 42.9 Å². The Labute approximate surface area is 404 Å². The molecule has 0 saturated heterocycles. The first-order valence-electron chi connectivity index (χ1n) is 23.3. The molecule has 11 rings (SSSR count). The molecule has 4 nitrogen and oxygen atoms in total. The van der Waals surface area contributed by atoms with Gasteiger partial charge in [0.25, 0.3) is 0 Å². The number of imidazole rings is 1. The summed E-state index contributed by atoms with van der Waals surface area (Å²) in [4.78, 5) is 10.0. The maximum absolute atomic E-state index is 6.45. The molecule has 0 spiro atoms. The van der Waals surface area contributed by atoms with E-state index in [2.05, 4.69) is 184 Å². The van der Waals surface area contributed by atoms with Gasteiger partial charge in [0.2, 0.25) is 0 Å². The standard InChI is InChI=1S/C37H23N2O.C23H32NSi.Ir/c1-3-12-25(13-4-1)27-22-23-28(26-14-5-2-6-15-26)34(24-27)39-33-20-9-8-19-32(33)38-37(39)31-18-11-17-30-29-16-7-10-21-35(29)40-36(30)31;1-17(2)19-10-12-20(13-11-19)22-15-21(14-18-8-6-7-9-18)23(16-24-22)25(3,4)5;/h1-17,19-24H;10-12,15-18H,6-9,14H2,1-5H3;/q2*-1;. The molecular weight excluding hydrogens is 999 g/mol. The largest absolute Gasteiger partial charge is 0.501 e. The fraction of sp³-hybridized carbons (Fsp3) is 0.200. The summed E-state index contributed by atoms with van der Waals surface area (Å²) in [6.07, 6.45) is 9.04. The average molecular weight is 1050 g/mol. The molecule has 3 heterocycles. The minimum Gasteiger partial charge on any atom is -0.501 e. The molecule has 1 aliphatic rings. The number of hydrogen-bond acceptors (Lipinski definition) is 3. The van der Waals surface area contributed by atoms with Crippen LogP contribution < -0.4 is 5.19 Å². The van der Waals surface area contributed by atoms with Crippen LogP contribution in [0.5, 0.6) is 0 Å². The fourth-order valence-corrected chi connectivity index (χ4v) is 11.2. The summed E-state index contributed by atoms with van der Waals surface area (Å²) in [6.45, 7) is 11.8. The van der Waals surface area contributed by atoms with Gasteiger partial charge in [0.1, 0.15) is 5.58 Å². The molecule has 1 fully saturated rings. The number of benzene rings is 7. The Morgan fingerprint density at radius 1 is 0.712 bits per heavy atom. The van der Waals surface area contributed by atoms with Gasteiger partial charge in [-0.05, 0) is 64.2 Å². The Morgan fingerprint density at radius 3 is 2.15 bits per heavy atom. The first kappa shape index (κ1) is 45.0. The van der Waals surface area contributed by atoms with E-state index >= 15 is 0 Å². The van der Waals surface area contributed by atoms with Crippen LogP contribution in [0.25, 0.3) is 83.6 Å². The number of fused-ring (bicyclic) bond motifs is 4. The quantitative estimate of drug-likeness (QED) is 0.107. The Morgan fingerprint density at radius 2 is 1.42 bits per heavy atom. The minimum atomic E-state index is -1.37. The number of hydrogen-bond donors (Lipinski definition) is 0. The summed E-state index contributed by atoms with van der Waals surface area (Å²) in [5.74, 6) is 2.22. The molecule has 1 saturated carbocycles. The first-order valence-corrected chi connectivity index (χ1v) is 26.8. The van der Waals surface area contributed by atoms with E-state index in [-0.39, 0.29) is 20.1 Å². The molecule has 10 aromatic rings. The van der Waals surface area contributed by atoms with Crippen molar-refractivity contribution in [3.8, 4) is 50.6 Å². The van der Waals surface area contributed by atoms with E-state index < -0.39 is 8.07 Å². The molecule has 1 aliphatic carbocycles. The van der Waals surface area contributed by atoms with E-state index in [0.29, 0.717) is 5.92 Å². The Hall–Kier alpha value is -6.17. The summed E-state index contributed by atoms with van der Waals surface area (Å²) < 4.78 is 8.71. The molecule has 1 radical (unpaired) electrons. The second-order valence-electron chi connectivity index (χ2n) is 18.9. The molecule has 3 aromatic heterocycles. The molecule has 0 N–H and O–H groups in total. The van der Waals surface area contributed by atoms with Crippen molar-refractivity contribution in [2.45, 2.75) is 71.5 Å². The maximum atomic E-state index is 6.45. The van der Waals surface area contributed by atoms with Gasteiger partial charge in [0.15, 0.2) is 0 Å². The predicted octanol–water partition coefficient (Wildman–Crippen LogP) is 15.7. The minimum absolute atomic E-state index is 0. The fourth-order valence-electron chi connectivity index (χ4n) is 9.65. The normalized spacial score (nSPS) is 13.0. The molecule has 0 bridgehead atoms. The van der Waals surface area contributed by atoms with Crippen molar-refractivity contribution < 1.29 is 24.5 Å². The molecule has 66 heavy (non-hydrogen) atoms. The third kappa shape index (κ3) is 9.15. The van der Waals surface area contributed by atoms with Gasteiger partial charge in [-0.2, -0.15) is 0 Å². The van der Waals surface area contributed by atoms with Gasteiger partial charge in [0.05, 0.1) is 30.5 Å². The number of pyridine rings is 1. The van der Waals surface area contributed by atoms with Crippen molar-refractivity contribution in [3.05, 3.63) is 193 Å². The van der Waals surface area contributed by atoms with Gasteiger partial charge in [-0.3, -0.25) is 4.98 Å². The Bertz CT molecular complexity index is 3250. The van der Waals surface area contributed by atoms with Gasteiger partial charge >= 0.3 is 0 Å². The van der Waals surface area contributed by atoms with Crippen molar-refractivity contribution in [2.75, 3.05) is 0 Å². The van der Waals surface area contributed by atoms with Crippen LogP contribution in [0.15, 0.2) is 174 Å². The summed E-state index contributed by atoms with van der Waals surface area (Å²) in [5, 5.41) is 3.69. The summed E-state index contributed by atoms with van der Waals surface area (Å²) in [7, 11) is -1.37. The van der Waals surface area contributed by atoms with Crippen molar-refractivity contribution in [2.24, 2.45) is 5.92 Å². The molecule has 0 amide bonds. The topological polar surface area (TPSA) is 43.9 Å². The zero-order chi connectivity index (χ0) is 44.5. The van der Waals surface area contributed by atoms with Crippen molar-refractivity contribution in [3.63, 3.8) is 0 Å². The molecule has 7 aromatic carbocycles. The monoisotopic (exact) mass is 1050 g/mol. The van der Waals surface area contributed by atoms with E-state index in [1.807, 2.05) is 36.4 Å². The van der Waals surface area contributed by atoms with Crippen LogP contribution in [-0.4, -0.2) is 22.6 Å². The van der Waals surface area contributed by atoms with Crippen molar-refractivity contribution in [1.82, 2.24) is 14.5 Å². The molecule has 6 heteroatoms. The summed E-state index contributed by atoms with van der Waals surface area (Å²) in [6, 6.07) is 64.1. The predicted molar refractivity (Wildman–Crippen MR) is 275 cm³/mol. The molecule has 331 valence electrons. The van der Waals surface area contributed by atoms with Crippen LogP contribution in [0.1, 0.15) is 56.6 Å². The first-order chi connectivity index (χ1) is 31.7. The molecule has 0 aliphatic heterocycles. The van der Waals surface area contributed by atoms with Crippen LogP contribution >= 0.6 is 0 Å². The van der Waals surface area contributed by atoms with E-state index in [1.54, 1.807) is 10.8 Å². The van der Waals surface area contributed by atoms with E-state index in [9.17, 15) is 0 Å². The molecular formula is C60H55IrN3OSi-2. The SMILES string of the molecule is CC(C)c1c[c-]c(-c2cc(CC3CCCC3)c([Si](C)(C)C)cn2)cc1.[Ir].[c-]1ccc2c(oc3ccccc32)c1-c1nc2ccccc2n1-c1cc(-c2ccccc2)ccc1-c1ccccc1. The average Bonchev–Trinajstić information content (AvgIpc) is 4.10.